The Balaban J connectivity index is 1.71. The van der Waals surface area contributed by atoms with Gasteiger partial charge in [0.05, 0.1) is 26.5 Å². The Bertz CT molecular complexity index is 1080. The van der Waals surface area contributed by atoms with Gasteiger partial charge in [-0.15, -0.1) is 10.2 Å². The molecule has 4 aromatic rings. The second kappa shape index (κ2) is 6.41. The zero-order valence-electron chi connectivity index (χ0n) is 14.9. The first kappa shape index (κ1) is 16.5. The molecule has 0 saturated carbocycles. The first-order chi connectivity index (χ1) is 12.6. The number of methoxy groups -OCH3 is 2. The van der Waals surface area contributed by atoms with Crippen LogP contribution in [0.3, 0.4) is 0 Å². The molecule has 3 aromatic heterocycles. The topological polar surface area (TPSA) is 79.4 Å². The average molecular weight is 370 g/mol. The number of hydrogen-bond donors (Lipinski definition) is 0. The van der Waals surface area contributed by atoms with Crippen LogP contribution in [0.2, 0.25) is 0 Å². The van der Waals surface area contributed by atoms with E-state index in [0.717, 1.165) is 26.9 Å². The molecule has 0 aliphatic heterocycles. The third kappa shape index (κ3) is 2.80. The number of nitrogens with zero attached hydrogens (tertiary/aromatic N) is 6. The Morgan fingerprint density at radius 3 is 2.50 bits per heavy atom. The molecule has 3 heterocycles. The van der Waals surface area contributed by atoms with E-state index in [1.807, 2.05) is 36.7 Å². The highest BCUT2D eigenvalue weighted by Crippen LogP contribution is 2.32. The molecule has 0 bridgehead atoms. The largest absolute Gasteiger partial charge is 0.493 e. The molecule has 0 N–H and O–H groups in total. The summed E-state index contributed by atoms with van der Waals surface area (Å²) in [4.78, 5) is 0.742. The van der Waals surface area contributed by atoms with E-state index in [9.17, 15) is 0 Å². The summed E-state index contributed by atoms with van der Waals surface area (Å²) in [5.41, 5.74) is 2.96. The van der Waals surface area contributed by atoms with E-state index >= 15 is 0 Å². The summed E-state index contributed by atoms with van der Waals surface area (Å²) >= 11 is 1.50. The lowest BCUT2D eigenvalue weighted by Crippen LogP contribution is -2.04. The predicted octanol–water partition coefficient (Wildman–Crippen LogP) is 2.73. The van der Waals surface area contributed by atoms with Gasteiger partial charge in [-0.2, -0.15) is 14.7 Å². The number of aryl methyl sites for hydroxylation is 2. The molecule has 0 aliphatic rings. The Hall–Kier alpha value is -2.94. The Kier molecular flexibility index (Phi) is 4.08. The van der Waals surface area contributed by atoms with Crippen LogP contribution in [0.15, 0.2) is 24.3 Å². The fourth-order valence-electron chi connectivity index (χ4n) is 2.84. The number of rotatable bonds is 5. The molecule has 0 aliphatic carbocycles. The average Bonchev–Trinajstić information content (AvgIpc) is 3.29. The van der Waals surface area contributed by atoms with Crippen molar-refractivity contribution in [3.05, 3.63) is 40.7 Å². The molecule has 0 radical (unpaired) electrons. The molecule has 8 nitrogen and oxygen atoms in total. The van der Waals surface area contributed by atoms with Crippen molar-refractivity contribution in [2.75, 3.05) is 14.2 Å². The van der Waals surface area contributed by atoms with Gasteiger partial charge < -0.3 is 9.47 Å². The summed E-state index contributed by atoms with van der Waals surface area (Å²) < 4.78 is 14.4. The van der Waals surface area contributed by atoms with Gasteiger partial charge in [-0.25, -0.2) is 0 Å². The molecule has 4 rings (SSSR count). The molecule has 134 valence electrons. The van der Waals surface area contributed by atoms with Gasteiger partial charge in [0.2, 0.25) is 4.96 Å². The second-order valence-electron chi connectivity index (χ2n) is 5.87. The number of benzene rings is 1. The predicted molar refractivity (Wildman–Crippen MR) is 98.0 cm³/mol. The zero-order chi connectivity index (χ0) is 18.3. The maximum Gasteiger partial charge on any atom is 0.235 e. The smallest absolute Gasteiger partial charge is 0.235 e. The van der Waals surface area contributed by atoms with Crippen LogP contribution in [0.1, 0.15) is 16.4 Å². The second-order valence-corrected chi connectivity index (χ2v) is 6.91. The maximum atomic E-state index is 5.37. The van der Waals surface area contributed by atoms with Crippen molar-refractivity contribution in [1.29, 1.82) is 0 Å². The lowest BCUT2D eigenvalue weighted by atomic mass is 10.2. The van der Waals surface area contributed by atoms with Crippen LogP contribution in [0.4, 0.5) is 0 Å². The van der Waals surface area contributed by atoms with Crippen LogP contribution in [-0.2, 0) is 6.54 Å². The molecule has 0 saturated heterocycles. The molecular weight excluding hydrogens is 352 g/mol. The van der Waals surface area contributed by atoms with Crippen molar-refractivity contribution >= 4 is 16.3 Å². The third-order valence-electron chi connectivity index (χ3n) is 4.06. The minimum atomic E-state index is 0.610. The fourth-order valence-corrected chi connectivity index (χ4v) is 3.65. The van der Waals surface area contributed by atoms with Crippen molar-refractivity contribution in [3.8, 4) is 22.9 Å². The van der Waals surface area contributed by atoms with E-state index in [1.54, 1.807) is 18.7 Å². The number of aromatic nitrogens is 6. The van der Waals surface area contributed by atoms with Crippen LogP contribution in [-0.4, -0.2) is 43.8 Å². The van der Waals surface area contributed by atoms with Gasteiger partial charge in [0.1, 0.15) is 5.01 Å². The van der Waals surface area contributed by atoms with E-state index < -0.39 is 0 Å². The Morgan fingerprint density at radius 1 is 1.00 bits per heavy atom. The summed E-state index contributed by atoms with van der Waals surface area (Å²) in [6, 6.07) is 7.68. The molecule has 0 spiro atoms. The van der Waals surface area contributed by atoms with Gasteiger partial charge in [-0.3, -0.25) is 4.68 Å². The summed E-state index contributed by atoms with van der Waals surface area (Å²) in [5.74, 6) is 1.97. The lowest BCUT2D eigenvalue weighted by molar-refractivity contribution is 0.355. The van der Waals surface area contributed by atoms with Crippen LogP contribution < -0.4 is 9.47 Å². The normalized spacial score (nSPS) is 11.2. The van der Waals surface area contributed by atoms with Crippen molar-refractivity contribution in [3.63, 3.8) is 0 Å². The summed E-state index contributed by atoms with van der Waals surface area (Å²) in [5, 5.41) is 18.6. The fraction of sp³-hybridized carbons (Fsp3) is 0.294. The summed E-state index contributed by atoms with van der Waals surface area (Å²) in [6.45, 7) is 4.63. The molecule has 0 atom stereocenters. The van der Waals surface area contributed by atoms with E-state index in [4.69, 9.17) is 9.47 Å². The van der Waals surface area contributed by atoms with Crippen LogP contribution in [0.25, 0.3) is 16.3 Å². The Labute approximate surface area is 154 Å². The molecule has 1 aromatic carbocycles. The van der Waals surface area contributed by atoms with Crippen molar-refractivity contribution in [1.82, 2.24) is 29.6 Å². The SMILES string of the molecule is COc1ccc(-c2nnc3sc(Cn4nc(C)cc4C)nn23)cc1OC. The molecule has 0 amide bonds. The summed E-state index contributed by atoms with van der Waals surface area (Å²) in [6.07, 6.45) is 0. The van der Waals surface area contributed by atoms with Gasteiger partial charge in [-0.05, 0) is 38.1 Å². The van der Waals surface area contributed by atoms with E-state index in [-0.39, 0.29) is 0 Å². The highest BCUT2D eigenvalue weighted by molar-refractivity contribution is 7.16. The third-order valence-corrected chi connectivity index (χ3v) is 4.95. The minimum absolute atomic E-state index is 0.610. The number of ether oxygens (including phenoxy) is 2. The van der Waals surface area contributed by atoms with Gasteiger partial charge in [0, 0.05) is 11.3 Å². The summed E-state index contributed by atoms with van der Waals surface area (Å²) in [7, 11) is 3.22. The first-order valence-corrected chi connectivity index (χ1v) is 8.85. The zero-order valence-corrected chi connectivity index (χ0v) is 15.7. The van der Waals surface area contributed by atoms with E-state index in [2.05, 4.69) is 26.5 Å². The first-order valence-electron chi connectivity index (χ1n) is 8.03. The van der Waals surface area contributed by atoms with Crippen molar-refractivity contribution in [2.45, 2.75) is 20.4 Å². The van der Waals surface area contributed by atoms with Gasteiger partial charge in [0.15, 0.2) is 17.3 Å². The molecule has 9 heteroatoms. The van der Waals surface area contributed by atoms with Crippen LogP contribution in [0, 0.1) is 13.8 Å². The highest BCUT2D eigenvalue weighted by Gasteiger charge is 2.16. The number of fused-ring (bicyclic) bond motifs is 1. The Morgan fingerprint density at radius 2 is 1.81 bits per heavy atom. The molecule has 0 fully saturated rings. The molecule has 26 heavy (non-hydrogen) atoms. The quantitative estimate of drug-likeness (QED) is 0.537. The van der Waals surface area contributed by atoms with Crippen molar-refractivity contribution in [2.24, 2.45) is 0 Å². The molecular formula is C17H18N6O2S. The maximum absolute atomic E-state index is 5.37. The van der Waals surface area contributed by atoms with Gasteiger partial charge in [-0.1, -0.05) is 11.3 Å². The monoisotopic (exact) mass is 370 g/mol. The van der Waals surface area contributed by atoms with Gasteiger partial charge in [0.25, 0.3) is 0 Å². The van der Waals surface area contributed by atoms with Crippen molar-refractivity contribution < 1.29 is 9.47 Å². The van der Waals surface area contributed by atoms with E-state index in [1.165, 1.54) is 11.3 Å². The number of hydrogen-bond acceptors (Lipinski definition) is 7. The van der Waals surface area contributed by atoms with Crippen LogP contribution in [0.5, 0.6) is 11.5 Å². The standard InChI is InChI=1S/C17H18N6O2S/c1-10-7-11(2)22(20-10)9-15-21-23-16(18-19-17(23)26-15)12-5-6-13(24-3)14(8-12)25-4/h5-8H,9H2,1-4H3. The van der Waals surface area contributed by atoms with Gasteiger partial charge >= 0.3 is 0 Å². The lowest BCUT2D eigenvalue weighted by Gasteiger charge is -2.08. The molecule has 0 unspecified atom stereocenters. The minimum Gasteiger partial charge on any atom is -0.493 e. The van der Waals surface area contributed by atoms with E-state index in [0.29, 0.717) is 23.9 Å². The van der Waals surface area contributed by atoms with Crippen LogP contribution >= 0.6 is 11.3 Å². The highest BCUT2D eigenvalue weighted by atomic mass is 32.1.